The van der Waals surface area contributed by atoms with E-state index in [-0.39, 0.29) is 12.5 Å². The first kappa shape index (κ1) is 15.3. The molecule has 0 spiro atoms. The average molecular weight is 351 g/mol. The quantitative estimate of drug-likeness (QED) is 0.509. The normalized spacial score (nSPS) is 10.7. The Bertz CT molecular complexity index is 974. The van der Waals surface area contributed by atoms with Crippen LogP contribution in [-0.2, 0) is 11.3 Å². The third kappa shape index (κ3) is 3.22. The highest BCUT2D eigenvalue weighted by atomic mass is 32.1. The zero-order valence-corrected chi connectivity index (χ0v) is 13.8. The predicted octanol–water partition coefficient (Wildman–Crippen LogP) is 3.95. The minimum absolute atomic E-state index is 0.0678. The Kier molecular flexibility index (Phi) is 4.14. The zero-order valence-electron chi connectivity index (χ0n) is 13.0. The van der Waals surface area contributed by atoms with Gasteiger partial charge in [0.25, 0.3) is 5.89 Å². The lowest BCUT2D eigenvalue weighted by Crippen LogP contribution is -2.06. The summed E-state index contributed by atoms with van der Waals surface area (Å²) < 4.78 is 12.3. The summed E-state index contributed by atoms with van der Waals surface area (Å²) in [6.45, 7) is -0.0678. The molecular formula is C18H13N3O3S. The Balaban J connectivity index is 1.45. The van der Waals surface area contributed by atoms with Crippen molar-refractivity contribution in [3.8, 4) is 17.1 Å². The van der Waals surface area contributed by atoms with E-state index in [1.807, 2.05) is 70.9 Å². The van der Waals surface area contributed by atoms with Crippen molar-refractivity contribution in [2.24, 2.45) is 0 Å². The maximum absolute atomic E-state index is 12.4. The topological polar surface area (TPSA) is 70.2 Å². The van der Waals surface area contributed by atoms with Gasteiger partial charge in [-0.1, -0.05) is 35.5 Å². The third-order valence-electron chi connectivity index (χ3n) is 3.54. The molecule has 1 aromatic carbocycles. The summed E-state index contributed by atoms with van der Waals surface area (Å²) in [5, 5.41) is 5.76. The molecule has 0 unspecified atom stereocenters. The SMILES string of the molecule is O=C(OCc1nc(-c2ccccc2)no1)c1sccc1-n1cccc1. The molecule has 0 saturated heterocycles. The number of benzene rings is 1. The van der Waals surface area contributed by atoms with Crippen LogP contribution in [0.3, 0.4) is 0 Å². The second-order valence-electron chi connectivity index (χ2n) is 5.18. The first-order valence-corrected chi connectivity index (χ1v) is 8.45. The molecule has 0 radical (unpaired) electrons. The largest absolute Gasteiger partial charge is 0.451 e. The molecule has 0 fully saturated rings. The van der Waals surface area contributed by atoms with Crippen molar-refractivity contribution in [2.75, 3.05) is 0 Å². The van der Waals surface area contributed by atoms with Gasteiger partial charge in [0.2, 0.25) is 5.82 Å². The summed E-state index contributed by atoms with van der Waals surface area (Å²) in [5.74, 6) is 0.306. The molecule has 0 amide bonds. The number of nitrogens with zero attached hydrogens (tertiary/aromatic N) is 3. The van der Waals surface area contributed by atoms with E-state index in [1.165, 1.54) is 11.3 Å². The fourth-order valence-corrected chi connectivity index (χ4v) is 3.15. The molecule has 0 bridgehead atoms. The first-order valence-electron chi connectivity index (χ1n) is 7.57. The highest BCUT2D eigenvalue weighted by Crippen LogP contribution is 2.23. The Morgan fingerprint density at radius 1 is 1.12 bits per heavy atom. The molecule has 25 heavy (non-hydrogen) atoms. The van der Waals surface area contributed by atoms with E-state index in [1.54, 1.807) is 0 Å². The highest BCUT2D eigenvalue weighted by Gasteiger charge is 2.17. The van der Waals surface area contributed by atoms with Gasteiger partial charge in [0, 0.05) is 18.0 Å². The van der Waals surface area contributed by atoms with Crippen molar-refractivity contribution >= 4 is 17.3 Å². The number of esters is 1. The standard InChI is InChI=1S/C18H13N3O3S/c22-18(16-14(8-11-25-16)21-9-4-5-10-21)23-12-15-19-17(20-24-15)13-6-2-1-3-7-13/h1-11H,12H2. The maximum Gasteiger partial charge on any atom is 0.350 e. The molecule has 3 aromatic heterocycles. The van der Waals surface area contributed by atoms with Gasteiger partial charge in [-0.05, 0) is 23.6 Å². The monoisotopic (exact) mass is 351 g/mol. The number of carbonyl (C=O) groups is 1. The lowest BCUT2D eigenvalue weighted by Gasteiger charge is -2.04. The molecule has 3 heterocycles. The van der Waals surface area contributed by atoms with Gasteiger partial charge in [-0.25, -0.2) is 4.79 Å². The summed E-state index contributed by atoms with van der Waals surface area (Å²) in [4.78, 5) is 17.1. The lowest BCUT2D eigenvalue weighted by atomic mass is 10.2. The smallest absolute Gasteiger partial charge is 0.350 e. The van der Waals surface area contributed by atoms with Crippen molar-refractivity contribution in [3.05, 3.63) is 77.1 Å². The van der Waals surface area contributed by atoms with E-state index in [9.17, 15) is 4.79 Å². The maximum atomic E-state index is 12.4. The first-order chi connectivity index (χ1) is 12.3. The van der Waals surface area contributed by atoms with Crippen LogP contribution in [0.1, 0.15) is 15.6 Å². The Morgan fingerprint density at radius 2 is 1.92 bits per heavy atom. The summed E-state index contributed by atoms with van der Waals surface area (Å²) in [6, 6.07) is 15.1. The van der Waals surface area contributed by atoms with Gasteiger partial charge in [0.15, 0.2) is 6.61 Å². The van der Waals surface area contributed by atoms with Gasteiger partial charge in [-0.15, -0.1) is 11.3 Å². The van der Waals surface area contributed by atoms with Gasteiger partial charge >= 0.3 is 5.97 Å². The van der Waals surface area contributed by atoms with Gasteiger partial charge in [-0.3, -0.25) is 0 Å². The van der Waals surface area contributed by atoms with Crippen LogP contribution in [0.25, 0.3) is 17.1 Å². The number of thiophene rings is 1. The Labute approximate surface area is 147 Å². The van der Waals surface area contributed by atoms with Crippen LogP contribution in [0.15, 0.2) is 70.8 Å². The molecule has 124 valence electrons. The molecular weight excluding hydrogens is 338 g/mol. The lowest BCUT2D eigenvalue weighted by molar-refractivity contribution is 0.0435. The number of aromatic nitrogens is 3. The van der Waals surface area contributed by atoms with Gasteiger partial charge < -0.3 is 13.8 Å². The van der Waals surface area contributed by atoms with E-state index in [2.05, 4.69) is 10.1 Å². The fourth-order valence-electron chi connectivity index (χ4n) is 2.36. The van der Waals surface area contributed by atoms with Crippen LogP contribution in [-0.4, -0.2) is 20.7 Å². The predicted molar refractivity (Wildman–Crippen MR) is 92.5 cm³/mol. The highest BCUT2D eigenvalue weighted by molar-refractivity contribution is 7.12. The minimum Gasteiger partial charge on any atom is -0.451 e. The molecule has 7 heteroatoms. The average Bonchev–Trinajstić information content (AvgIpc) is 3.41. The molecule has 0 atom stereocenters. The van der Waals surface area contributed by atoms with E-state index in [0.717, 1.165) is 11.3 Å². The Hall–Kier alpha value is -3.19. The van der Waals surface area contributed by atoms with Gasteiger partial charge in [0.1, 0.15) is 4.88 Å². The molecule has 0 aliphatic carbocycles. The van der Waals surface area contributed by atoms with Crippen LogP contribution in [0.4, 0.5) is 0 Å². The molecule has 0 aliphatic rings. The van der Waals surface area contributed by atoms with Crippen molar-refractivity contribution in [1.29, 1.82) is 0 Å². The number of hydrogen-bond acceptors (Lipinski definition) is 6. The van der Waals surface area contributed by atoms with E-state index >= 15 is 0 Å². The number of carbonyl (C=O) groups excluding carboxylic acids is 1. The molecule has 6 nitrogen and oxygen atoms in total. The summed E-state index contributed by atoms with van der Waals surface area (Å²) in [5.41, 5.74) is 1.63. The van der Waals surface area contributed by atoms with Crippen molar-refractivity contribution in [1.82, 2.24) is 14.7 Å². The molecule has 0 aliphatic heterocycles. The van der Waals surface area contributed by atoms with Crippen molar-refractivity contribution in [2.45, 2.75) is 6.61 Å². The third-order valence-corrected chi connectivity index (χ3v) is 4.42. The Morgan fingerprint density at radius 3 is 2.72 bits per heavy atom. The zero-order chi connectivity index (χ0) is 17.1. The van der Waals surface area contributed by atoms with E-state index < -0.39 is 5.97 Å². The summed E-state index contributed by atoms with van der Waals surface area (Å²) in [6.07, 6.45) is 3.76. The molecule has 0 N–H and O–H groups in total. The van der Waals surface area contributed by atoms with Gasteiger partial charge in [0.05, 0.1) is 5.69 Å². The van der Waals surface area contributed by atoms with E-state index in [4.69, 9.17) is 9.26 Å². The summed E-state index contributed by atoms with van der Waals surface area (Å²) >= 11 is 1.33. The van der Waals surface area contributed by atoms with Gasteiger partial charge in [-0.2, -0.15) is 4.98 Å². The molecule has 4 rings (SSSR count). The van der Waals surface area contributed by atoms with Crippen molar-refractivity contribution < 1.29 is 14.1 Å². The van der Waals surface area contributed by atoms with Crippen molar-refractivity contribution in [3.63, 3.8) is 0 Å². The second-order valence-corrected chi connectivity index (χ2v) is 6.10. The minimum atomic E-state index is -0.418. The van der Waals surface area contributed by atoms with Crippen LogP contribution < -0.4 is 0 Å². The number of rotatable bonds is 5. The van der Waals surface area contributed by atoms with E-state index in [0.29, 0.717) is 10.7 Å². The van der Waals surface area contributed by atoms with Crippen LogP contribution in [0, 0.1) is 0 Å². The molecule has 0 saturated carbocycles. The second kappa shape index (κ2) is 6.74. The number of ether oxygens (including phenoxy) is 1. The number of hydrogen-bond donors (Lipinski definition) is 0. The van der Waals surface area contributed by atoms with Crippen LogP contribution in [0.2, 0.25) is 0 Å². The molecule has 4 aromatic rings. The fraction of sp³-hybridized carbons (Fsp3) is 0.0556. The summed E-state index contributed by atoms with van der Waals surface area (Å²) in [7, 11) is 0. The van der Waals surface area contributed by atoms with Crippen LogP contribution >= 0.6 is 11.3 Å². The van der Waals surface area contributed by atoms with Crippen LogP contribution in [0.5, 0.6) is 0 Å².